The van der Waals surface area contributed by atoms with Crippen molar-refractivity contribution in [3.8, 4) is 0 Å². The number of nitrogens with zero attached hydrogens (tertiary/aromatic N) is 2. The van der Waals surface area contributed by atoms with E-state index < -0.39 is 0 Å². The highest BCUT2D eigenvalue weighted by Gasteiger charge is 2.23. The van der Waals surface area contributed by atoms with E-state index in [9.17, 15) is 4.79 Å². The molecule has 1 aliphatic rings. The van der Waals surface area contributed by atoms with Gasteiger partial charge in [0.15, 0.2) is 0 Å². The molecule has 0 unspecified atom stereocenters. The summed E-state index contributed by atoms with van der Waals surface area (Å²) in [6.07, 6.45) is 6.07. The van der Waals surface area contributed by atoms with Crippen LogP contribution in [0.4, 0.5) is 0 Å². The van der Waals surface area contributed by atoms with Gasteiger partial charge in [-0.1, -0.05) is 6.92 Å². The van der Waals surface area contributed by atoms with E-state index >= 15 is 0 Å². The summed E-state index contributed by atoms with van der Waals surface area (Å²) < 4.78 is 0. The fourth-order valence-electron chi connectivity index (χ4n) is 2.57. The molecule has 5 heteroatoms. The summed E-state index contributed by atoms with van der Waals surface area (Å²) in [4.78, 5) is 18.8. The topological polar surface area (TPSA) is 45.2 Å². The fraction of sp³-hybridized carbons (Fsp3) is 0.571. The van der Waals surface area contributed by atoms with Gasteiger partial charge in [0.2, 0.25) is 0 Å². The van der Waals surface area contributed by atoms with Gasteiger partial charge >= 0.3 is 0 Å². The van der Waals surface area contributed by atoms with Crippen molar-refractivity contribution in [2.45, 2.75) is 30.8 Å². The number of thioether (sulfide) groups is 1. The predicted octanol–water partition coefficient (Wildman–Crippen LogP) is 2.02. The number of carbonyl (C=O) groups excluding carboxylic acids is 1. The molecule has 0 bridgehead atoms. The Morgan fingerprint density at radius 2 is 2.47 bits per heavy atom. The van der Waals surface area contributed by atoms with Crippen LogP contribution in [0, 0.1) is 0 Å². The van der Waals surface area contributed by atoms with Crippen LogP contribution in [0.3, 0.4) is 0 Å². The van der Waals surface area contributed by atoms with Crippen LogP contribution in [0.2, 0.25) is 0 Å². The second-order valence-corrected chi connectivity index (χ2v) is 5.49. The van der Waals surface area contributed by atoms with Crippen LogP contribution in [0.25, 0.3) is 0 Å². The monoisotopic (exact) mass is 279 g/mol. The molecule has 0 saturated carbocycles. The van der Waals surface area contributed by atoms with E-state index in [-0.39, 0.29) is 5.91 Å². The van der Waals surface area contributed by atoms with Crippen molar-refractivity contribution in [2.24, 2.45) is 0 Å². The van der Waals surface area contributed by atoms with Crippen molar-refractivity contribution >= 4 is 17.7 Å². The highest BCUT2D eigenvalue weighted by Crippen LogP contribution is 2.18. The largest absolute Gasteiger partial charge is 0.350 e. The molecule has 1 N–H and O–H groups in total. The molecule has 1 aromatic heterocycles. The van der Waals surface area contributed by atoms with Gasteiger partial charge in [0, 0.05) is 18.8 Å². The Morgan fingerprint density at radius 3 is 3.21 bits per heavy atom. The van der Waals surface area contributed by atoms with Gasteiger partial charge in [-0.2, -0.15) is 0 Å². The Morgan fingerprint density at radius 1 is 1.63 bits per heavy atom. The van der Waals surface area contributed by atoms with Crippen LogP contribution in [0.15, 0.2) is 23.4 Å². The average molecular weight is 279 g/mol. The van der Waals surface area contributed by atoms with Crippen molar-refractivity contribution in [3.63, 3.8) is 0 Å². The van der Waals surface area contributed by atoms with Crippen molar-refractivity contribution < 1.29 is 4.79 Å². The fourth-order valence-corrected chi connectivity index (χ4v) is 3.12. The molecule has 2 rings (SSSR count). The smallest absolute Gasteiger partial charge is 0.254 e. The third-order valence-corrected chi connectivity index (χ3v) is 4.32. The van der Waals surface area contributed by atoms with Gasteiger partial charge in [-0.05, 0) is 44.3 Å². The Balaban J connectivity index is 1.94. The molecule has 0 aromatic carbocycles. The molecule has 1 atom stereocenters. The summed E-state index contributed by atoms with van der Waals surface area (Å²) in [5, 5.41) is 3.84. The Bertz CT molecular complexity index is 438. The van der Waals surface area contributed by atoms with Crippen LogP contribution in [0.1, 0.15) is 30.1 Å². The summed E-state index contributed by atoms with van der Waals surface area (Å²) in [6.45, 7) is 5.12. The van der Waals surface area contributed by atoms with E-state index in [0.29, 0.717) is 11.6 Å². The maximum absolute atomic E-state index is 12.2. The predicted molar refractivity (Wildman–Crippen MR) is 78.6 cm³/mol. The molecule has 4 nitrogen and oxygen atoms in total. The van der Waals surface area contributed by atoms with E-state index in [1.165, 1.54) is 24.6 Å². The lowest BCUT2D eigenvalue weighted by Gasteiger charge is -2.23. The zero-order valence-corrected chi connectivity index (χ0v) is 12.4. The van der Waals surface area contributed by atoms with Crippen molar-refractivity contribution in [1.29, 1.82) is 0 Å². The molecule has 1 amide bonds. The quantitative estimate of drug-likeness (QED) is 0.838. The van der Waals surface area contributed by atoms with Gasteiger partial charge in [-0.25, -0.2) is 4.98 Å². The summed E-state index contributed by atoms with van der Waals surface area (Å²) in [5.41, 5.74) is 0.677. The molecular formula is C14H21N3OS. The van der Waals surface area contributed by atoms with Gasteiger partial charge in [0.1, 0.15) is 5.03 Å². The van der Waals surface area contributed by atoms with Gasteiger partial charge in [-0.3, -0.25) is 9.69 Å². The minimum Gasteiger partial charge on any atom is -0.350 e. The van der Waals surface area contributed by atoms with E-state index in [2.05, 4.69) is 22.1 Å². The van der Waals surface area contributed by atoms with Crippen LogP contribution in [0.5, 0.6) is 0 Å². The first-order valence-corrected chi connectivity index (χ1v) is 8.00. The molecule has 2 heterocycles. The Labute approximate surface area is 119 Å². The zero-order chi connectivity index (χ0) is 13.7. The van der Waals surface area contributed by atoms with E-state index in [1.54, 1.807) is 6.20 Å². The maximum Gasteiger partial charge on any atom is 0.254 e. The molecule has 1 aliphatic heterocycles. The number of likely N-dealkylation sites (tertiary alicyclic amines) is 1. The second-order valence-electron chi connectivity index (χ2n) is 4.69. The molecule has 1 saturated heterocycles. The number of amides is 1. The summed E-state index contributed by atoms with van der Waals surface area (Å²) in [5.74, 6) is -0.0135. The highest BCUT2D eigenvalue weighted by molar-refractivity contribution is 7.98. The van der Waals surface area contributed by atoms with Crippen molar-refractivity contribution in [3.05, 3.63) is 23.9 Å². The molecule has 1 fully saturated rings. The number of hydrogen-bond acceptors (Lipinski definition) is 4. The summed E-state index contributed by atoms with van der Waals surface area (Å²) in [7, 11) is 0. The molecule has 104 valence electrons. The second kappa shape index (κ2) is 6.91. The van der Waals surface area contributed by atoms with E-state index in [1.807, 2.05) is 18.4 Å². The van der Waals surface area contributed by atoms with Crippen LogP contribution in [-0.2, 0) is 0 Å². The highest BCUT2D eigenvalue weighted by atomic mass is 32.2. The van der Waals surface area contributed by atoms with Crippen LogP contribution >= 0.6 is 11.8 Å². The Hall–Kier alpha value is -1.07. The van der Waals surface area contributed by atoms with Crippen LogP contribution in [-0.4, -0.2) is 47.7 Å². The minimum absolute atomic E-state index is 0.0135. The van der Waals surface area contributed by atoms with Crippen molar-refractivity contribution in [1.82, 2.24) is 15.2 Å². The van der Waals surface area contributed by atoms with E-state index in [0.717, 1.165) is 24.7 Å². The third-order valence-electron chi connectivity index (χ3n) is 3.61. The molecule has 19 heavy (non-hydrogen) atoms. The number of rotatable bonds is 5. The lowest BCUT2D eigenvalue weighted by molar-refractivity contribution is 0.0937. The lowest BCUT2D eigenvalue weighted by atomic mass is 10.2. The molecule has 1 aromatic rings. The summed E-state index contributed by atoms with van der Waals surface area (Å²) >= 11 is 1.50. The first-order valence-electron chi connectivity index (χ1n) is 6.77. The standard InChI is InChI=1S/C14H21N3OS/c1-3-17-9-5-6-11(17)10-16-13(18)12-7-4-8-15-14(12)19-2/h4,7-8,11H,3,5-6,9-10H2,1-2H3,(H,16,18)/t11-/m0/s1. The summed E-state index contributed by atoms with van der Waals surface area (Å²) in [6, 6.07) is 4.13. The van der Waals surface area contributed by atoms with Crippen molar-refractivity contribution in [2.75, 3.05) is 25.9 Å². The maximum atomic E-state index is 12.2. The molecule has 0 aliphatic carbocycles. The average Bonchev–Trinajstić information content (AvgIpc) is 2.92. The molecule has 0 spiro atoms. The third kappa shape index (κ3) is 3.48. The van der Waals surface area contributed by atoms with Gasteiger partial charge in [-0.15, -0.1) is 11.8 Å². The van der Waals surface area contributed by atoms with E-state index in [4.69, 9.17) is 0 Å². The van der Waals surface area contributed by atoms with Crippen LogP contribution < -0.4 is 5.32 Å². The number of pyridine rings is 1. The SMILES string of the molecule is CCN1CCC[C@H]1CNC(=O)c1cccnc1SC. The number of carbonyl (C=O) groups is 1. The number of aromatic nitrogens is 1. The minimum atomic E-state index is -0.0135. The zero-order valence-electron chi connectivity index (χ0n) is 11.6. The number of nitrogens with one attached hydrogen (secondary N) is 1. The molecular weight excluding hydrogens is 258 g/mol. The van der Waals surface area contributed by atoms with Gasteiger partial charge in [0.05, 0.1) is 5.56 Å². The molecule has 0 radical (unpaired) electrons. The lowest BCUT2D eigenvalue weighted by Crippen LogP contribution is -2.40. The number of hydrogen-bond donors (Lipinski definition) is 1. The normalized spacial score (nSPS) is 19.6. The van der Waals surface area contributed by atoms with Gasteiger partial charge < -0.3 is 5.32 Å². The number of likely N-dealkylation sites (N-methyl/N-ethyl adjacent to an activating group) is 1. The Kier molecular flexibility index (Phi) is 5.22. The first kappa shape index (κ1) is 14.3. The first-order chi connectivity index (χ1) is 9.26. The van der Waals surface area contributed by atoms with Gasteiger partial charge in [0.25, 0.3) is 5.91 Å².